The number of aliphatic carboxylic acids is 1. The summed E-state index contributed by atoms with van der Waals surface area (Å²) in [7, 11) is 0. The van der Waals surface area contributed by atoms with Crippen molar-refractivity contribution in [1.29, 1.82) is 0 Å². The molecular formula is C14H27NO3S. The van der Waals surface area contributed by atoms with Gasteiger partial charge in [-0.15, -0.1) is 0 Å². The van der Waals surface area contributed by atoms with Crippen molar-refractivity contribution in [2.24, 2.45) is 10.8 Å². The molecule has 0 spiro atoms. The Morgan fingerprint density at radius 1 is 1.11 bits per heavy atom. The average molecular weight is 289 g/mol. The van der Waals surface area contributed by atoms with Crippen LogP contribution in [0, 0.1) is 10.8 Å². The molecule has 4 nitrogen and oxygen atoms in total. The van der Waals surface area contributed by atoms with E-state index in [1.807, 2.05) is 20.8 Å². The third-order valence-electron chi connectivity index (χ3n) is 2.14. The molecule has 0 fully saturated rings. The Kier molecular flexibility index (Phi) is 6.91. The van der Waals surface area contributed by atoms with Crippen molar-refractivity contribution in [3.05, 3.63) is 0 Å². The molecule has 0 radical (unpaired) electrons. The van der Waals surface area contributed by atoms with Crippen LogP contribution in [0.2, 0.25) is 0 Å². The number of amides is 1. The summed E-state index contributed by atoms with van der Waals surface area (Å²) >= 11 is 1.56. The van der Waals surface area contributed by atoms with Gasteiger partial charge in [0.1, 0.15) is 6.04 Å². The van der Waals surface area contributed by atoms with Crippen molar-refractivity contribution in [1.82, 2.24) is 5.32 Å². The van der Waals surface area contributed by atoms with Gasteiger partial charge in [-0.2, -0.15) is 11.8 Å². The van der Waals surface area contributed by atoms with Gasteiger partial charge in [-0.25, -0.2) is 4.79 Å². The number of carbonyl (C=O) groups excluding carboxylic acids is 1. The molecule has 1 atom stereocenters. The van der Waals surface area contributed by atoms with Gasteiger partial charge in [0.2, 0.25) is 5.91 Å². The summed E-state index contributed by atoms with van der Waals surface area (Å²) in [4.78, 5) is 22.9. The summed E-state index contributed by atoms with van der Waals surface area (Å²) in [5.41, 5.74) is 0.0226. The van der Waals surface area contributed by atoms with Gasteiger partial charge in [0.25, 0.3) is 0 Å². The zero-order chi connectivity index (χ0) is 15.3. The Bertz CT molecular complexity index is 316. The maximum atomic E-state index is 11.7. The predicted molar refractivity (Wildman–Crippen MR) is 80.4 cm³/mol. The van der Waals surface area contributed by atoms with E-state index in [4.69, 9.17) is 5.11 Å². The monoisotopic (exact) mass is 289 g/mol. The van der Waals surface area contributed by atoms with E-state index in [0.717, 1.165) is 5.75 Å². The standard InChI is InChI=1S/C14H27NO3S/c1-13(2,3)7-11(16)15-10(12(17)18)8-19-9-14(4,5)6/h10H,7-9H2,1-6H3,(H,15,16)(H,17,18)/t10-/m0/s1. The Hall–Kier alpha value is -0.710. The number of carboxylic acids is 1. The molecule has 0 aromatic carbocycles. The van der Waals surface area contributed by atoms with E-state index >= 15 is 0 Å². The first-order chi connectivity index (χ1) is 8.41. The number of nitrogens with one attached hydrogen (secondary N) is 1. The maximum absolute atomic E-state index is 11.7. The topological polar surface area (TPSA) is 66.4 Å². The Morgan fingerprint density at radius 3 is 2.00 bits per heavy atom. The molecule has 0 rings (SSSR count). The van der Waals surface area contributed by atoms with Gasteiger partial charge < -0.3 is 10.4 Å². The number of carboxylic acid groups (broad SMARTS) is 1. The van der Waals surface area contributed by atoms with Gasteiger partial charge in [0.15, 0.2) is 0 Å². The van der Waals surface area contributed by atoms with Crippen molar-refractivity contribution >= 4 is 23.6 Å². The highest BCUT2D eigenvalue weighted by molar-refractivity contribution is 7.99. The zero-order valence-electron chi connectivity index (χ0n) is 12.9. The highest BCUT2D eigenvalue weighted by Crippen LogP contribution is 2.21. The molecule has 0 aliphatic carbocycles. The van der Waals surface area contributed by atoms with E-state index in [1.165, 1.54) is 0 Å². The maximum Gasteiger partial charge on any atom is 0.327 e. The van der Waals surface area contributed by atoms with Gasteiger partial charge in [0.05, 0.1) is 0 Å². The number of thioether (sulfide) groups is 1. The Labute approximate surface area is 120 Å². The van der Waals surface area contributed by atoms with Gasteiger partial charge in [-0.05, 0) is 16.6 Å². The van der Waals surface area contributed by atoms with Crippen LogP contribution in [-0.4, -0.2) is 34.5 Å². The van der Waals surface area contributed by atoms with Crippen LogP contribution < -0.4 is 5.32 Å². The summed E-state index contributed by atoms with van der Waals surface area (Å²) in [6.45, 7) is 12.2. The molecule has 0 heterocycles. The van der Waals surface area contributed by atoms with E-state index in [1.54, 1.807) is 11.8 Å². The van der Waals surface area contributed by atoms with Crippen molar-refractivity contribution < 1.29 is 14.7 Å². The van der Waals surface area contributed by atoms with Crippen LogP contribution in [0.3, 0.4) is 0 Å². The number of hydrogen-bond donors (Lipinski definition) is 2. The van der Waals surface area contributed by atoms with E-state index in [9.17, 15) is 9.59 Å². The molecular weight excluding hydrogens is 262 g/mol. The van der Waals surface area contributed by atoms with E-state index in [2.05, 4.69) is 26.1 Å². The minimum Gasteiger partial charge on any atom is -0.480 e. The van der Waals surface area contributed by atoms with Crippen molar-refractivity contribution in [2.75, 3.05) is 11.5 Å². The molecule has 5 heteroatoms. The van der Waals surface area contributed by atoms with Crippen LogP contribution in [0.1, 0.15) is 48.0 Å². The van der Waals surface area contributed by atoms with Crippen LogP contribution in [0.4, 0.5) is 0 Å². The second-order valence-corrected chi connectivity index (χ2v) is 8.30. The largest absolute Gasteiger partial charge is 0.480 e. The Balaban J connectivity index is 4.28. The smallest absolute Gasteiger partial charge is 0.327 e. The van der Waals surface area contributed by atoms with Crippen LogP contribution in [0.15, 0.2) is 0 Å². The molecule has 0 unspecified atom stereocenters. The highest BCUT2D eigenvalue weighted by Gasteiger charge is 2.23. The summed E-state index contributed by atoms with van der Waals surface area (Å²) in [5.74, 6) is 0.105. The number of hydrogen-bond acceptors (Lipinski definition) is 3. The molecule has 0 bridgehead atoms. The molecule has 1 amide bonds. The molecule has 0 aliphatic heterocycles. The fourth-order valence-electron chi connectivity index (χ4n) is 1.38. The van der Waals surface area contributed by atoms with Crippen LogP contribution >= 0.6 is 11.8 Å². The van der Waals surface area contributed by atoms with E-state index < -0.39 is 12.0 Å². The zero-order valence-corrected chi connectivity index (χ0v) is 13.7. The third kappa shape index (κ3) is 10.9. The summed E-state index contributed by atoms with van der Waals surface area (Å²) in [6.07, 6.45) is 0.334. The first-order valence-corrected chi connectivity index (χ1v) is 7.66. The van der Waals surface area contributed by atoms with Gasteiger partial charge >= 0.3 is 5.97 Å². The normalized spacial score (nSPS) is 14.0. The van der Waals surface area contributed by atoms with Gasteiger partial charge in [-0.1, -0.05) is 41.5 Å². The lowest BCUT2D eigenvalue weighted by Gasteiger charge is -2.22. The minimum absolute atomic E-state index is 0.133. The van der Waals surface area contributed by atoms with E-state index in [-0.39, 0.29) is 16.7 Å². The lowest BCUT2D eigenvalue weighted by atomic mass is 9.92. The molecule has 0 aromatic rings. The number of rotatable bonds is 6. The molecule has 0 saturated heterocycles. The first-order valence-electron chi connectivity index (χ1n) is 6.51. The van der Waals surface area contributed by atoms with Crippen molar-refractivity contribution in [2.45, 2.75) is 54.0 Å². The van der Waals surface area contributed by atoms with E-state index in [0.29, 0.717) is 12.2 Å². The van der Waals surface area contributed by atoms with Gasteiger partial charge in [-0.3, -0.25) is 4.79 Å². The molecule has 19 heavy (non-hydrogen) atoms. The molecule has 112 valence electrons. The molecule has 0 saturated carbocycles. The molecule has 0 aliphatic rings. The summed E-state index contributed by atoms with van der Waals surface area (Å²) < 4.78 is 0. The first kappa shape index (κ1) is 18.3. The fourth-order valence-corrected chi connectivity index (χ4v) is 2.58. The van der Waals surface area contributed by atoms with Gasteiger partial charge in [0, 0.05) is 12.2 Å². The average Bonchev–Trinajstić information content (AvgIpc) is 2.10. The van der Waals surface area contributed by atoms with Crippen molar-refractivity contribution in [3.8, 4) is 0 Å². The lowest BCUT2D eigenvalue weighted by Crippen LogP contribution is -2.43. The second-order valence-electron chi connectivity index (χ2n) is 7.27. The SMILES string of the molecule is CC(C)(C)CSC[C@H](NC(=O)CC(C)(C)C)C(=O)O. The third-order valence-corrected chi connectivity index (χ3v) is 3.78. The van der Waals surface area contributed by atoms with Crippen LogP contribution in [-0.2, 0) is 9.59 Å². The molecule has 0 aromatic heterocycles. The second kappa shape index (κ2) is 7.17. The summed E-state index contributed by atoms with van der Waals surface area (Å²) in [6, 6.07) is -0.804. The minimum atomic E-state index is -0.969. The van der Waals surface area contributed by atoms with Crippen LogP contribution in [0.5, 0.6) is 0 Å². The quantitative estimate of drug-likeness (QED) is 0.789. The summed E-state index contributed by atoms with van der Waals surface area (Å²) in [5, 5.41) is 11.7. The van der Waals surface area contributed by atoms with Crippen LogP contribution in [0.25, 0.3) is 0 Å². The predicted octanol–water partition coefficient (Wildman–Crippen LogP) is 2.77. The fraction of sp³-hybridized carbons (Fsp3) is 0.857. The lowest BCUT2D eigenvalue weighted by molar-refractivity contribution is -0.141. The highest BCUT2D eigenvalue weighted by atomic mass is 32.2. The Morgan fingerprint density at radius 2 is 1.63 bits per heavy atom. The number of carbonyl (C=O) groups is 2. The molecule has 2 N–H and O–H groups in total. The van der Waals surface area contributed by atoms with Crippen molar-refractivity contribution in [3.63, 3.8) is 0 Å².